The number of likely N-dealkylation sites (N-methyl/N-ethyl adjacent to an activating group) is 1. The van der Waals surface area contributed by atoms with Crippen LogP contribution in [0.3, 0.4) is 0 Å². The Morgan fingerprint density at radius 2 is 2.05 bits per heavy atom. The smallest absolute Gasteiger partial charge is 0.437 e. The van der Waals surface area contributed by atoms with Crippen LogP contribution in [-0.4, -0.2) is 36.2 Å². The molecular formula is C12H17F3N2O3. The SMILES string of the molecule is Cc1c(C(F)(F)F)noc1OCC(=O)N(C)CC(C)C. The summed E-state index contributed by atoms with van der Waals surface area (Å²) in [5, 5.41) is 2.91. The molecule has 0 atom stereocenters. The monoisotopic (exact) mass is 294 g/mol. The highest BCUT2D eigenvalue weighted by Crippen LogP contribution is 2.34. The fourth-order valence-electron chi connectivity index (χ4n) is 1.61. The normalized spacial score (nSPS) is 11.8. The van der Waals surface area contributed by atoms with Crippen molar-refractivity contribution in [1.82, 2.24) is 10.1 Å². The fraction of sp³-hybridized carbons (Fsp3) is 0.667. The van der Waals surface area contributed by atoms with E-state index in [4.69, 9.17) is 4.74 Å². The van der Waals surface area contributed by atoms with Crippen LogP contribution < -0.4 is 4.74 Å². The van der Waals surface area contributed by atoms with Gasteiger partial charge >= 0.3 is 12.1 Å². The van der Waals surface area contributed by atoms with Crippen molar-refractivity contribution in [2.45, 2.75) is 26.9 Å². The van der Waals surface area contributed by atoms with E-state index in [1.807, 2.05) is 13.8 Å². The molecule has 0 saturated carbocycles. The van der Waals surface area contributed by atoms with Gasteiger partial charge in [0.25, 0.3) is 5.91 Å². The zero-order valence-corrected chi connectivity index (χ0v) is 11.7. The van der Waals surface area contributed by atoms with Crippen LogP contribution in [0.5, 0.6) is 5.95 Å². The summed E-state index contributed by atoms with van der Waals surface area (Å²) in [7, 11) is 1.60. The summed E-state index contributed by atoms with van der Waals surface area (Å²) in [6, 6.07) is 0. The molecule has 0 aromatic carbocycles. The van der Waals surface area contributed by atoms with Crippen molar-refractivity contribution in [3.05, 3.63) is 11.3 Å². The highest BCUT2D eigenvalue weighted by molar-refractivity contribution is 5.77. The minimum absolute atomic E-state index is 0.267. The molecule has 0 aliphatic heterocycles. The van der Waals surface area contributed by atoms with Crippen molar-refractivity contribution < 1.29 is 27.2 Å². The van der Waals surface area contributed by atoms with E-state index in [9.17, 15) is 18.0 Å². The number of amides is 1. The zero-order valence-electron chi connectivity index (χ0n) is 11.7. The van der Waals surface area contributed by atoms with E-state index in [2.05, 4.69) is 9.68 Å². The molecule has 0 aliphatic rings. The van der Waals surface area contributed by atoms with E-state index >= 15 is 0 Å². The van der Waals surface area contributed by atoms with Gasteiger partial charge in [0, 0.05) is 13.6 Å². The van der Waals surface area contributed by atoms with E-state index in [1.54, 1.807) is 7.05 Å². The lowest BCUT2D eigenvalue weighted by atomic mass is 10.2. The van der Waals surface area contributed by atoms with Crippen LogP contribution in [0.2, 0.25) is 0 Å². The second-order valence-electron chi connectivity index (χ2n) is 4.90. The van der Waals surface area contributed by atoms with Gasteiger partial charge in [-0.05, 0) is 12.8 Å². The first-order chi connectivity index (χ1) is 9.12. The third kappa shape index (κ3) is 4.14. The number of nitrogens with zero attached hydrogens (tertiary/aromatic N) is 2. The number of carbonyl (C=O) groups is 1. The summed E-state index contributed by atoms with van der Waals surface area (Å²) in [6.07, 6.45) is -4.60. The van der Waals surface area contributed by atoms with Gasteiger partial charge in [0.1, 0.15) is 0 Å². The predicted octanol–water partition coefficient (Wildman–Crippen LogP) is 2.50. The van der Waals surface area contributed by atoms with Crippen LogP contribution in [0, 0.1) is 12.8 Å². The average molecular weight is 294 g/mol. The van der Waals surface area contributed by atoms with E-state index in [0.717, 1.165) is 0 Å². The van der Waals surface area contributed by atoms with Gasteiger partial charge < -0.3 is 14.2 Å². The van der Waals surface area contributed by atoms with Gasteiger partial charge in [0.2, 0.25) is 0 Å². The van der Waals surface area contributed by atoms with Gasteiger partial charge in [-0.3, -0.25) is 4.79 Å². The summed E-state index contributed by atoms with van der Waals surface area (Å²) in [4.78, 5) is 13.1. The van der Waals surface area contributed by atoms with Gasteiger partial charge in [-0.25, -0.2) is 0 Å². The molecule has 0 aliphatic carbocycles. The molecule has 0 radical (unpaired) electrons. The summed E-state index contributed by atoms with van der Waals surface area (Å²) in [6.45, 7) is 5.21. The van der Waals surface area contributed by atoms with Gasteiger partial charge in [-0.2, -0.15) is 13.2 Å². The Balaban J connectivity index is 2.63. The summed E-state index contributed by atoms with van der Waals surface area (Å²) >= 11 is 0. The molecule has 1 amide bonds. The van der Waals surface area contributed by atoms with E-state index in [0.29, 0.717) is 6.54 Å². The Hall–Kier alpha value is -1.73. The lowest BCUT2D eigenvalue weighted by Crippen LogP contribution is -2.34. The first-order valence-electron chi connectivity index (χ1n) is 6.03. The minimum atomic E-state index is -4.60. The molecule has 0 spiro atoms. The Kier molecular flexibility index (Phi) is 5.02. The molecule has 0 unspecified atom stereocenters. The number of hydrogen-bond acceptors (Lipinski definition) is 4. The van der Waals surface area contributed by atoms with Crippen LogP contribution in [-0.2, 0) is 11.0 Å². The van der Waals surface area contributed by atoms with Gasteiger partial charge in [-0.15, -0.1) is 0 Å². The van der Waals surface area contributed by atoms with Crippen molar-refractivity contribution in [2.24, 2.45) is 5.92 Å². The van der Waals surface area contributed by atoms with E-state index < -0.39 is 18.5 Å². The fourth-order valence-corrected chi connectivity index (χ4v) is 1.61. The second kappa shape index (κ2) is 6.15. The molecule has 114 valence electrons. The van der Waals surface area contributed by atoms with Gasteiger partial charge in [0.05, 0.1) is 5.56 Å². The van der Waals surface area contributed by atoms with Gasteiger partial charge in [-0.1, -0.05) is 19.0 Å². The molecule has 1 heterocycles. The molecule has 0 N–H and O–H groups in total. The number of rotatable bonds is 5. The Labute approximate surface area is 114 Å². The summed E-state index contributed by atoms with van der Waals surface area (Å²) in [5.74, 6) is -0.445. The topological polar surface area (TPSA) is 55.6 Å². The maximum atomic E-state index is 12.5. The molecule has 0 bridgehead atoms. The molecule has 5 nitrogen and oxygen atoms in total. The molecule has 1 aromatic rings. The van der Waals surface area contributed by atoms with Crippen LogP contribution in [0.15, 0.2) is 4.52 Å². The number of aromatic nitrogens is 1. The number of carbonyl (C=O) groups excluding carboxylic acids is 1. The quantitative estimate of drug-likeness (QED) is 0.837. The highest BCUT2D eigenvalue weighted by Gasteiger charge is 2.38. The Morgan fingerprint density at radius 1 is 1.45 bits per heavy atom. The minimum Gasteiger partial charge on any atom is -0.453 e. The third-order valence-corrected chi connectivity index (χ3v) is 2.54. The summed E-state index contributed by atoms with van der Waals surface area (Å²) < 4.78 is 46.9. The van der Waals surface area contributed by atoms with E-state index in [1.165, 1.54) is 11.8 Å². The lowest BCUT2D eigenvalue weighted by molar-refractivity contribution is -0.143. The first-order valence-corrected chi connectivity index (χ1v) is 6.03. The standard InChI is InChI=1S/C12H17F3N2O3/c1-7(2)5-17(4)9(18)6-19-11-8(3)10(16-20-11)12(13,14)15/h7H,5-6H2,1-4H3. The number of alkyl halides is 3. The lowest BCUT2D eigenvalue weighted by Gasteiger charge is -2.18. The van der Waals surface area contributed by atoms with Crippen LogP contribution in [0.4, 0.5) is 13.2 Å². The second-order valence-corrected chi connectivity index (χ2v) is 4.90. The van der Waals surface area contributed by atoms with Crippen molar-refractivity contribution in [1.29, 1.82) is 0 Å². The molecule has 1 aromatic heterocycles. The molecule has 0 fully saturated rings. The molecule has 1 rings (SSSR count). The zero-order chi connectivity index (χ0) is 15.5. The number of ether oxygens (including phenoxy) is 1. The van der Waals surface area contributed by atoms with Crippen molar-refractivity contribution >= 4 is 5.91 Å². The third-order valence-electron chi connectivity index (χ3n) is 2.54. The maximum Gasteiger partial charge on any atom is 0.437 e. The largest absolute Gasteiger partial charge is 0.453 e. The molecule has 0 saturated heterocycles. The molecule has 20 heavy (non-hydrogen) atoms. The molecule has 8 heteroatoms. The van der Waals surface area contributed by atoms with Crippen molar-refractivity contribution in [3.63, 3.8) is 0 Å². The average Bonchev–Trinajstić information content (AvgIpc) is 2.66. The molecular weight excluding hydrogens is 277 g/mol. The summed E-state index contributed by atoms with van der Waals surface area (Å²) in [5.41, 5.74) is -1.41. The van der Waals surface area contributed by atoms with Crippen LogP contribution in [0.1, 0.15) is 25.1 Å². The van der Waals surface area contributed by atoms with Crippen LogP contribution >= 0.6 is 0 Å². The number of halogens is 3. The Morgan fingerprint density at radius 3 is 2.50 bits per heavy atom. The highest BCUT2D eigenvalue weighted by atomic mass is 19.4. The van der Waals surface area contributed by atoms with Crippen LogP contribution in [0.25, 0.3) is 0 Å². The van der Waals surface area contributed by atoms with Crippen molar-refractivity contribution in [2.75, 3.05) is 20.2 Å². The van der Waals surface area contributed by atoms with Gasteiger partial charge in [0.15, 0.2) is 12.3 Å². The Bertz CT molecular complexity index is 469. The van der Waals surface area contributed by atoms with Crippen molar-refractivity contribution in [3.8, 4) is 5.95 Å². The predicted molar refractivity (Wildman–Crippen MR) is 64.2 cm³/mol. The maximum absolute atomic E-state index is 12.5. The number of hydrogen-bond donors (Lipinski definition) is 0. The first kappa shape index (κ1) is 16.3. The van der Waals surface area contributed by atoms with E-state index in [-0.39, 0.29) is 23.3 Å².